The van der Waals surface area contributed by atoms with Crippen molar-refractivity contribution in [2.45, 2.75) is 19.4 Å². The molecule has 1 N–H and O–H groups in total. The Morgan fingerprint density at radius 2 is 2.06 bits per heavy atom. The molecule has 1 unspecified atom stereocenters. The number of carbonyl (C=O) groups is 1. The van der Waals surface area contributed by atoms with Crippen LogP contribution in [-0.2, 0) is 0 Å². The van der Waals surface area contributed by atoms with Gasteiger partial charge in [-0.3, -0.25) is 4.79 Å². The van der Waals surface area contributed by atoms with E-state index < -0.39 is 0 Å². The lowest BCUT2D eigenvalue weighted by Gasteiger charge is -2.26. The van der Waals surface area contributed by atoms with Gasteiger partial charge in [-0.1, -0.05) is 0 Å². The number of carbonyl (C=O) groups excluding carboxylic acids is 1. The first kappa shape index (κ1) is 12.0. The largest absolute Gasteiger partial charge is 0.335 e. The minimum Gasteiger partial charge on any atom is -0.335 e. The van der Waals surface area contributed by atoms with Gasteiger partial charge in [-0.25, -0.2) is 4.39 Å². The molecule has 2 rings (SSSR count). The van der Waals surface area contributed by atoms with E-state index in [1.165, 1.54) is 12.1 Å². The van der Waals surface area contributed by atoms with Gasteiger partial charge in [-0.15, -0.1) is 0 Å². The van der Waals surface area contributed by atoms with Crippen LogP contribution in [0.3, 0.4) is 0 Å². The topological polar surface area (TPSA) is 32.3 Å². The Bertz CT molecular complexity index is 391. The summed E-state index contributed by atoms with van der Waals surface area (Å²) in [6.45, 7) is 4.51. The SMILES string of the molecule is CC1CCNCCN1C(=O)c1ccc(F)cc1. The van der Waals surface area contributed by atoms with Crippen LogP contribution in [0, 0.1) is 5.82 Å². The Kier molecular flexibility index (Phi) is 3.74. The molecule has 0 spiro atoms. The second-order valence-corrected chi connectivity index (χ2v) is 4.39. The Morgan fingerprint density at radius 1 is 1.35 bits per heavy atom. The third kappa shape index (κ3) is 2.82. The molecule has 0 aliphatic carbocycles. The highest BCUT2D eigenvalue weighted by atomic mass is 19.1. The molecule has 1 aromatic rings. The van der Waals surface area contributed by atoms with Gasteiger partial charge < -0.3 is 10.2 Å². The number of rotatable bonds is 1. The molecule has 4 heteroatoms. The van der Waals surface area contributed by atoms with E-state index in [2.05, 4.69) is 12.2 Å². The van der Waals surface area contributed by atoms with Crippen molar-refractivity contribution in [2.24, 2.45) is 0 Å². The number of nitrogens with zero attached hydrogens (tertiary/aromatic N) is 1. The Hall–Kier alpha value is -1.42. The standard InChI is InChI=1S/C13H17FN2O/c1-10-6-7-15-8-9-16(10)13(17)11-2-4-12(14)5-3-11/h2-5,10,15H,6-9H2,1H3. The zero-order chi connectivity index (χ0) is 12.3. The first-order valence-corrected chi connectivity index (χ1v) is 5.96. The molecule has 1 saturated heterocycles. The Morgan fingerprint density at radius 3 is 2.76 bits per heavy atom. The molecule has 0 saturated carbocycles. The van der Waals surface area contributed by atoms with Crippen LogP contribution in [0.2, 0.25) is 0 Å². The molecule has 1 aromatic carbocycles. The highest BCUT2D eigenvalue weighted by Crippen LogP contribution is 2.12. The van der Waals surface area contributed by atoms with Gasteiger partial charge >= 0.3 is 0 Å². The van der Waals surface area contributed by atoms with Crippen LogP contribution in [0.25, 0.3) is 0 Å². The molecular weight excluding hydrogens is 219 g/mol. The van der Waals surface area contributed by atoms with E-state index in [0.29, 0.717) is 12.1 Å². The molecule has 0 bridgehead atoms. The lowest BCUT2D eigenvalue weighted by molar-refractivity contribution is 0.0704. The van der Waals surface area contributed by atoms with Crippen LogP contribution < -0.4 is 5.32 Å². The third-order valence-corrected chi connectivity index (χ3v) is 3.15. The fourth-order valence-electron chi connectivity index (χ4n) is 2.07. The van der Waals surface area contributed by atoms with Gasteiger partial charge in [-0.05, 0) is 44.2 Å². The van der Waals surface area contributed by atoms with E-state index >= 15 is 0 Å². The van der Waals surface area contributed by atoms with Crippen LogP contribution in [0.15, 0.2) is 24.3 Å². The molecule has 0 aromatic heterocycles. The molecule has 92 valence electrons. The second-order valence-electron chi connectivity index (χ2n) is 4.39. The van der Waals surface area contributed by atoms with Crippen LogP contribution >= 0.6 is 0 Å². The molecule has 17 heavy (non-hydrogen) atoms. The summed E-state index contributed by atoms with van der Waals surface area (Å²) in [6.07, 6.45) is 0.951. The van der Waals surface area contributed by atoms with Crippen molar-refractivity contribution in [3.63, 3.8) is 0 Å². The average Bonchev–Trinajstić information content (AvgIpc) is 2.54. The van der Waals surface area contributed by atoms with Crippen LogP contribution in [0.1, 0.15) is 23.7 Å². The number of benzene rings is 1. The summed E-state index contributed by atoms with van der Waals surface area (Å²) in [5.74, 6) is -0.326. The van der Waals surface area contributed by atoms with E-state index in [1.807, 2.05) is 4.90 Å². The molecule has 1 aliphatic rings. The molecular formula is C13H17FN2O. The molecule has 1 amide bonds. The number of nitrogens with one attached hydrogen (secondary N) is 1. The highest BCUT2D eigenvalue weighted by molar-refractivity contribution is 5.94. The molecule has 0 radical (unpaired) electrons. The van der Waals surface area contributed by atoms with Gasteiger partial charge in [0.1, 0.15) is 5.82 Å². The Labute approximate surface area is 101 Å². The summed E-state index contributed by atoms with van der Waals surface area (Å²) in [4.78, 5) is 14.1. The zero-order valence-corrected chi connectivity index (χ0v) is 9.95. The van der Waals surface area contributed by atoms with Gasteiger partial charge in [-0.2, -0.15) is 0 Å². The number of amides is 1. The summed E-state index contributed by atoms with van der Waals surface area (Å²) in [7, 11) is 0. The van der Waals surface area contributed by atoms with Crippen LogP contribution in [0.5, 0.6) is 0 Å². The maximum atomic E-state index is 12.8. The number of halogens is 1. The quantitative estimate of drug-likeness (QED) is 0.804. The van der Waals surface area contributed by atoms with E-state index in [9.17, 15) is 9.18 Å². The Balaban J connectivity index is 2.15. The molecule has 1 atom stereocenters. The minimum absolute atomic E-state index is 0.0128. The smallest absolute Gasteiger partial charge is 0.254 e. The predicted octanol–water partition coefficient (Wildman–Crippen LogP) is 1.65. The van der Waals surface area contributed by atoms with E-state index in [0.717, 1.165) is 19.5 Å². The van der Waals surface area contributed by atoms with Gasteiger partial charge in [0.15, 0.2) is 0 Å². The summed E-state index contributed by atoms with van der Waals surface area (Å²) in [5, 5.41) is 3.27. The fourth-order valence-corrected chi connectivity index (χ4v) is 2.07. The maximum Gasteiger partial charge on any atom is 0.254 e. The molecule has 1 fully saturated rings. The van der Waals surface area contributed by atoms with Crippen LogP contribution in [0.4, 0.5) is 4.39 Å². The third-order valence-electron chi connectivity index (χ3n) is 3.15. The number of hydrogen-bond donors (Lipinski definition) is 1. The van der Waals surface area contributed by atoms with Crippen molar-refractivity contribution in [1.29, 1.82) is 0 Å². The van der Waals surface area contributed by atoms with Crippen molar-refractivity contribution in [1.82, 2.24) is 10.2 Å². The van der Waals surface area contributed by atoms with E-state index in [4.69, 9.17) is 0 Å². The first-order valence-electron chi connectivity index (χ1n) is 5.96. The lowest BCUT2D eigenvalue weighted by atomic mass is 10.1. The number of hydrogen-bond acceptors (Lipinski definition) is 2. The summed E-state index contributed by atoms with van der Waals surface area (Å²) in [5.41, 5.74) is 0.556. The lowest BCUT2D eigenvalue weighted by Crippen LogP contribution is -2.39. The maximum absolute atomic E-state index is 12.8. The van der Waals surface area contributed by atoms with Crippen molar-refractivity contribution in [2.75, 3.05) is 19.6 Å². The van der Waals surface area contributed by atoms with Crippen molar-refractivity contribution >= 4 is 5.91 Å². The van der Waals surface area contributed by atoms with Gasteiger partial charge in [0.2, 0.25) is 0 Å². The highest BCUT2D eigenvalue weighted by Gasteiger charge is 2.22. The summed E-state index contributed by atoms with van der Waals surface area (Å²) >= 11 is 0. The van der Waals surface area contributed by atoms with Crippen LogP contribution in [-0.4, -0.2) is 36.5 Å². The zero-order valence-electron chi connectivity index (χ0n) is 9.95. The fraction of sp³-hybridized carbons (Fsp3) is 0.462. The first-order chi connectivity index (χ1) is 8.18. The van der Waals surface area contributed by atoms with Gasteiger partial charge in [0.05, 0.1) is 0 Å². The normalized spacial score (nSPS) is 21.1. The minimum atomic E-state index is -0.313. The predicted molar refractivity (Wildman–Crippen MR) is 64.4 cm³/mol. The average molecular weight is 236 g/mol. The van der Waals surface area contributed by atoms with Crippen molar-refractivity contribution in [3.8, 4) is 0 Å². The molecule has 3 nitrogen and oxygen atoms in total. The molecule has 1 heterocycles. The molecule has 1 aliphatic heterocycles. The van der Waals surface area contributed by atoms with Gasteiger partial charge in [0.25, 0.3) is 5.91 Å². The van der Waals surface area contributed by atoms with Gasteiger partial charge in [0, 0.05) is 24.7 Å². The van der Waals surface area contributed by atoms with Crippen molar-refractivity contribution in [3.05, 3.63) is 35.6 Å². The van der Waals surface area contributed by atoms with Crippen molar-refractivity contribution < 1.29 is 9.18 Å². The van der Waals surface area contributed by atoms with E-state index in [1.54, 1.807) is 12.1 Å². The second kappa shape index (κ2) is 5.27. The summed E-state index contributed by atoms with van der Waals surface area (Å²) in [6, 6.07) is 5.97. The summed E-state index contributed by atoms with van der Waals surface area (Å²) < 4.78 is 12.8. The monoisotopic (exact) mass is 236 g/mol. The van der Waals surface area contributed by atoms with E-state index in [-0.39, 0.29) is 17.8 Å².